The van der Waals surface area contributed by atoms with Crippen LogP contribution in [0.15, 0.2) is 267 Å². The molecule has 0 radical (unpaired) electrons. The molecule has 0 saturated heterocycles. The van der Waals surface area contributed by atoms with Crippen molar-refractivity contribution in [3.05, 3.63) is 267 Å². The summed E-state index contributed by atoms with van der Waals surface area (Å²) in [7, 11) is 0. The zero-order valence-corrected chi connectivity index (χ0v) is 37.3. The van der Waals surface area contributed by atoms with Gasteiger partial charge in [-0.2, -0.15) is 0 Å². The van der Waals surface area contributed by atoms with Gasteiger partial charge in [-0.3, -0.25) is 0 Å². The minimum atomic E-state index is 1.13. The first-order valence-electron chi connectivity index (χ1n) is 23.4. The first kappa shape index (κ1) is 39.4. The molecule has 11 aromatic carbocycles. The topological polar surface area (TPSA) is 9.86 Å². The summed E-state index contributed by atoms with van der Waals surface area (Å²) in [6.07, 6.45) is 0. The van der Waals surface area contributed by atoms with Gasteiger partial charge >= 0.3 is 0 Å². The maximum absolute atomic E-state index is 2.46. The normalized spacial score (nSPS) is 11.5. The minimum absolute atomic E-state index is 1.13. The van der Waals surface area contributed by atoms with E-state index in [0.717, 1.165) is 11.4 Å². The Hall–Kier alpha value is -8.98. The molecule has 0 spiro atoms. The second-order valence-corrected chi connectivity index (χ2v) is 17.7. The molecular weight excluding hydrogens is 821 g/mol. The second-order valence-electron chi connectivity index (χ2n) is 17.7. The van der Waals surface area contributed by atoms with Gasteiger partial charge in [-0.15, -0.1) is 0 Å². The molecule has 0 N–H and O–H groups in total. The minimum Gasteiger partial charge on any atom is -0.309 e. The number of aromatic nitrogens is 2. The summed E-state index contributed by atoms with van der Waals surface area (Å²) in [6, 6.07) is 97.3. The average Bonchev–Trinajstić information content (AvgIpc) is 3.94. The SMILES string of the molecule is c1ccc(-c2cccc(-c3cccc(-c4ccc(-c5ccc(-n6c7ccccc7c7cccc(-c8ccc9c%10ccccc%10n(-c%10cccc(-c%11ccccc%11)c%10)c9c8)c76)cc5)cc4)c3)c2)cc1. The number of rotatable bonds is 8. The van der Waals surface area contributed by atoms with Gasteiger partial charge in [-0.1, -0.05) is 212 Å². The lowest BCUT2D eigenvalue weighted by atomic mass is 9.95. The first-order valence-corrected chi connectivity index (χ1v) is 23.4. The summed E-state index contributed by atoms with van der Waals surface area (Å²) < 4.78 is 4.89. The summed E-state index contributed by atoms with van der Waals surface area (Å²) >= 11 is 0. The number of nitrogens with zero attached hydrogens (tertiary/aromatic N) is 2. The highest BCUT2D eigenvalue weighted by atomic mass is 15.0. The Bertz CT molecular complexity index is 3990. The standard InChI is InChI=1S/C66H44N2/c1-3-15-45(16-4-1)50-19-11-21-52(41-50)53-22-12-20-51(42-53)49-33-31-47(32-34-49)48-35-38-56(39-36-48)68-64-30-10-8-26-60(64)62-28-14-27-58(66(62)68)55-37-40-61-59-25-7-9-29-63(59)67(65(61)44-55)57-24-13-23-54(43-57)46-17-5-2-6-18-46/h1-44H. The quantitative estimate of drug-likeness (QED) is 0.144. The van der Waals surface area contributed by atoms with Crippen molar-refractivity contribution in [1.29, 1.82) is 0 Å². The third-order valence-electron chi connectivity index (χ3n) is 13.7. The van der Waals surface area contributed by atoms with Gasteiger partial charge in [-0.05, 0) is 116 Å². The largest absolute Gasteiger partial charge is 0.309 e. The fourth-order valence-electron chi connectivity index (χ4n) is 10.4. The Labute approximate surface area is 395 Å². The second kappa shape index (κ2) is 16.5. The van der Waals surface area contributed by atoms with Gasteiger partial charge in [0, 0.05) is 38.5 Å². The Kier molecular flexibility index (Phi) is 9.54. The monoisotopic (exact) mass is 864 g/mol. The summed E-state index contributed by atoms with van der Waals surface area (Å²) in [6.45, 7) is 0. The number of hydrogen-bond donors (Lipinski definition) is 0. The van der Waals surface area contributed by atoms with Crippen LogP contribution < -0.4 is 0 Å². The molecule has 0 atom stereocenters. The van der Waals surface area contributed by atoms with Crippen molar-refractivity contribution in [2.75, 3.05) is 0 Å². The van der Waals surface area contributed by atoms with Crippen molar-refractivity contribution in [3.63, 3.8) is 0 Å². The molecule has 2 heterocycles. The van der Waals surface area contributed by atoms with Crippen LogP contribution in [0.5, 0.6) is 0 Å². The molecular formula is C66H44N2. The van der Waals surface area contributed by atoms with Crippen molar-refractivity contribution in [2.45, 2.75) is 0 Å². The molecule has 2 nitrogen and oxygen atoms in total. The van der Waals surface area contributed by atoms with Crippen LogP contribution in [-0.4, -0.2) is 9.13 Å². The Morgan fingerprint density at radius 1 is 0.191 bits per heavy atom. The summed E-state index contributed by atoms with van der Waals surface area (Å²) in [5.41, 5.74) is 21.5. The van der Waals surface area contributed by atoms with Crippen LogP contribution in [0.2, 0.25) is 0 Å². The van der Waals surface area contributed by atoms with Gasteiger partial charge in [0.15, 0.2) is 0 Å². The van der Waals surface area contributed by atoms with Crippen molar-refractivity contribution in [1.82, 2.24) is 9.13 Å². The van der Waals surface area contributed by atoms with Crippen LogP contribution in [0.25, 0.3) is 122 Å². The zero-order chi connectivity index (χ0) is 45.0. The number of fused-ring (bicyclic) bond motifs is 6. The molecule has 0 saturated carbocycles. The van der Waals surface area contributed by atoms with Crippen molar-refractivity contribution < 1.29 is 0 Å². The van der Waals surface area contributed by atoms with E-state index in [1.165, 1.54) is 110 Å². The number of para-hydroxylation sites is 3. The molecule has 13 rings (SSSR count). The fraction of sp³-hybridized carbons (Fsp3) is 0. The van der Waals surface area contributed by atoms with Crippen LogP contribution >= 0.6 is 0 Å². The molecule has 0 amide bonds. The third kappa shape index (κ3) is 6.82. The molecule has 2 aromatic heterocycles. The Balaban J connectivity index is 0.866. The van der Waals surface area contributed by atoms with Gasteiger partial charge in [0.2, 0.25) is 0 Å². The van der Waals surface area contributed by atoms with E-state index in [4.69, 9.17) is 0 Å². The van der Waals surface area contributed by atoms with Crippen LogP contribution in [0.1, 0.15) is 0 Å². The summed E-state index contributed by atoms with van der Waals surface area (Å²) in [4.78, 5) is 0. The molecule has 0 aliphatic rings. The highest BCUT2D eigenvalue weighted by molar-refractivity contribution is 6.15. The highest BCUT2D eigenvalue weighted by Crippen LogP contribution is 2.41. The summed E-state index contributed by atoms with van der Waals surface area (Å²) in [5.74, 6) is 0. The maximum Gasteiger partial charge on any atom is 0.0619 e. The lowest BCUT2D eigenvalue weighted by Crippen LogP contribution is -1.96. The number of hydrogen-bond acceptors (Lipinski definition) is 0. The lowest BCUT2D eigenvalue weighted by molar-refractivity contribution is 1.18. The van der Waals surface area contributed by atoms with Gasteiger partial charge in [0.1, 0.15) is 0 Å². The molecule has 0 fully saturated rings. The Morgan fingerprint density at radius 2 is 0.588 bits per heavy atom. The van der Waals surface area contributed by atoms with Gasteiger partial charge in [0.05, 0.1) is 22.1 Å². The molecule has 0 aliphatic heterocycles. The van der Waals surface area contributed by atoms with E-state index in [-0.39, 0.29) is 0 Å². The van der Waals surface area contributed by atoms with Gasteiger partial charge < -0.3 is 9.13 Å². The van der Waals surface area contributed by atoms with Gasteiger partial charge in [0.25, 0.3) is 0 Å². The molecule has 0 bridgehead atoms. The first-order chi connectivity index (χ1) is 33.7. The number of benzene rings is 11. The smallest absolute Gasteiger partial charge is 0.0619 e. The van der Waals surface area contributed by atoms with E-state index in [2.05, 4.69) is 276 Å². The van der Waals surface area contributed by atoms with Crippen LogP contribution in [-0.2, 0) is 0 Å². The fourth-order valence-corrected chi connectivity index (χ4v) is 10.4. The molecule has 13 aromatic rings. The molecule has 0 unspecified atom stereocenters. The summed E-state index contributed by atoms with van der Waals surface area (Å²) in [5, 5.41) is 4.97. The van der Waals surface area contributed by atoms with Crippen LogP contribution in [0.4, 0.5) is 0 Å². The highest BCUT2D eigenvalue weighted by Gasteiger charge is 2.19. The zero-order valence-electron chi connectivity index (χ0n) is 37.3. The van der Waals surface area contributed by atoms with Crippen LogP contribution in [0.3, 0.4) is 0 Å². The lowest BCUT2D eigenvalue weighted by Gasteiger charge is -2.14. The van der Waals surface area contributed by atoms with Crippen molar-refractivity contribution in [3.8, 4) is 78.1 Å². The van der Waals surface area contributed by atoms with Crippen molar-refractivity contribution >= 4 is 43.6 Å². The molecule has 2 heteroatoms. The van der Waals surface area contributed by atoms with E-state index in [1.807, 2.05) is 0 Å². The predicted octanol–water partition coefficient (Wildman–Crippen LogP) is 17.9. The van der Waals surface area contributed by atoms with Crippen molar-refractivity contribution in [2.24, 2.45) is 0 Å². The van der Waals surface area contributed by atoms with E-state index < -0.39 is 0 Å². The molecule has 0 aliphatic carbocycles. The van der Waals surface area contributed by atoms with E-state index in [9.17, 15) is 0 Å². The predicted molar refractivity (Wildman–Crippen MR) is 288 cm³/mol. The molecule has 68 heavy (non-hydrogen) atoms. The van der Waals surface area contributed by atoms with E-state index in [0.29, 0.717) is 0 Å². The van der Waals surface area contributed by atoms with Crippen LogP contribution in [0, 0.1) is 0 Å². The Morgan fingerprint density at radius 3 is 1.21 bits per heavy atom. The molecule has 318 valence electrons. The third-order valence-corrected chi connectivity index (χ3v) is 13.7. The average molecular weight is 865 g/mol. The van der Waals surface area contributed by atoms with Gasteiger partial charge in [-0.25, -0.2) is 0 Å². The van der Waals surface area contributed by atoms with E-state index in [1.54, 1.807) is 0 Å². The maximum atomic E-state index is 2.46. The van der Waals surface area contributed by atoms with E-state index >= 15 is 0 Å².